The number of ether oxygens (including phenoxy) is 1. The Kier molecular flexibility index (Phi) is 4.89. The van der Waals surface area contributed by atoms with Crippen LogP contribution in [0.2, 0.25) is 0 Å². The fourth-order valence-electron chi connectivity index (χ4n) is 2.72. The molecule has 0 aliphatic carbocycles. The van der Waals surface area contributed by atoms with Crippen LogP contribution in [0.1, 0.15) is 22.0 Å². The molecule has 1 aromatic heterocycles. The minimum Gasteiger partial charge on any atom is -0.371 e. The van der Waals surface area contributed by atoms with E-state index in [1.54, 1.807) is 17.9 Å². The number of rotatable bonds is 4. The van der Waals surface area contributed by atoms with Crippen LogP contribution in [-0.4, -0.2) is 55.2 Å². The first kappa shape index (κ1) is 17.6. The number of morpholine rings is 1. The van der Waals surface area contributed by atoms with Gasteiger partial charge in [0.15, 0.2) is 0 Å². The molecule has 8 nitrogen and oxygen atoms in total. The molecule has 2 heterocycles. The molecule has 3 rings (SSSR count). The van der Waals surface area contributed by atoms with Crippen molar-refractivity contribution in [2.24, 2.45) is 7.05 Å². The Morgan fingerprint density at radius 2 is 2.04 bits per heavy atom. The number of amides is 1. The SMILES string of the molecule is CNC(=O)c1ccc(S(=O)(=O)N2CCOC(c3cnn(C)c3)C2)cc1. The highest BCUT2D eigenvalue weighted by Gasteiger charge is 2.32. The Bertz CT molecular complexity index is 861. The Balaban J connectivity index is 1.80. The van der Waals surface area contributed by atoms with Crippen LogP contribution in [0.4, 0.5) is 0 Å². The number of sulfonamides is 1. The van der Waals surface area contributed by atoms with Crippen LogP contribution in [-0.2, 0) is 21.8 Å². The minimum absolute atomic E-state index is 0.159. The van der Waals surface area contributed by atoms with E-state index in [9.17, 15) is 13.2 Å². The molecule has 1 aliphatic heterocycles. The lowest BCUT2D eigenvalue weighted by atomic mass is 10.2. The van der Waals surface area contributed by atoms with E-state index in [0.29, 0.717) is 12.2 Å². The molecule has 0 radical (unpaired) electrons. The molecule has 1 fully saturated rings. The predicted octanol–water partition coefficient (Wildman–Crippen LogP) is 0.542. The summed E-state index contributed by atoms with van der Waals surface area (Å²) in [5.74, 6) is -0.257. The molecular weight excluding hydrogens is 344 g/mol. The van der Waals surface area contributed by atoms with Crippen molar-refractivity contribution < 1.29 is 17.9 Å². The third-order valence-electron chi connectivity index (χ3n) is 4.11. The number of aromatic nitrogens is 2. The second kappa shape index (κ2) is 6.95. The predicted molar refractivity (Wildman–Crippen MR) is 90.5 cm³/mol. The normalized spacial score (nSPS) is 18.9. The van der Waals surface area contributed by atoms with Crippen molar-refractivity contribution in [3.05, 3.63) is 47.8 Å². The van der Waals surface area contributed by atoms with Gasteiger partial charge in [0.1, 0.15) is 0 Å². The fraction of sp³-hybridized carbons (Fsp3) is 0.375. The molecule has 134 valence electrons. The van der Waals surface area contributed by atoms with Gasteiger partial charge in [-0.2, -0.15) is 9.40 Å². The highest BCUT2D eigenvalue weighted by atomic mass is 32.2. The van der Waals surface area contributed by atoms with Gasteiger partial charge in [0, 0.05) is 44.5 Å². The van der Waals surface area contributed by atoms with Crippen LogP contribution >= 0.6 is 0 Å². The maximum absolute atomic E-state index is 12.9. The fourth-order valence-corrected chi connectivity index (χ4v) is 4.15. The van der Waals surface area contributed by atoms with Crippen LogP contribution in [0.15, 0.2) is 41.6 Å². The van der Waals surface area contributed by atoms with Crippen molar-refractivity contribution in [2.75, 3.05) is 26.7 Å². The van der Waals surface area contributed by atoms with Crippen molar-refractivity contribution in [1.82, 2.24) is 19.4 Å². The molecule has 0 bridgehead atoms. The van der Waals surface area contributed by atoms with Crippen molar-refractivity contribution in [1.29, 1.82) is 0 Å². The summed E-state index contributed by atoms with van der Waals surface area (Å²) in [5, 5.41) is 6.61. The number of aryl methyl sites for hydroxylation is 1. The van der Waals surface area contributed by atoms with Crippen LogP contribution in [0, 0.1) is 0 Å². The highest BCUT2D eigenvalue weighted by Crippen LogP contribution is 2.26. The zero-order chi connectivity index (χ0) is 18.0. The summed E-state index contributed by atoms with van der Waals surface area (Å²) in [6.07, 6.45) is 3.15. The van der Waals surface area contributed by atoms with Gasteiger partial charge in [0.05, 0.1) is 23.8 Å². The summed E-state index contributed by atoms with van der Waals surface area (Å²) in [5.41, 5.74) is 1.26. The standard InChI is InChI=1S/C16H20N4O4S/c1-17-16(21)12-3-5-14(6-4-12)25(22,23)20-7-8-24-15(11-20)13-9-18-19(2)10-13/h3-6,9-10,15H,7-8,11H2,1-2H3,(H,17,21). The molecule has 2 aromatic rings. The Hall–Kier alpha value is -2.23. The maximum Gasteiger partial charge on any atom is 0.251 e. The first-order chi connectivity index (χ1) is 11.9. The van der Waals surface area contributed by atoms with Gasteiger partial charge in [-0.15, -0.1) is 0 Å². The van der Waals surface area contributed by atoms with Crippen molar-refractivity contribution in [2.45, 2.75) is 11.0 Å². The van der Waals surface area contributed by atoms with E-state index in [-0.39, 0.29) is 30.0 Å². The van der Waals surface area contributed by atoms with Crippen LogP contribution in [0.25, 0.3) is 0 Å². The minimum atomic E-state index is -3.65. The van der Waals surface area contributed by atoms with Crippen LogP contribution in [0.5, 0.6) is 0 Å². The van der Waals surface area contributed by atoms with E-state index < -0.39 is 10.0 Å². The smallest absolute Gasteiger partial charge is 0.251 e. The quantitative estimate of drug-likeness (QED) is 0.855. The van der Waals surface area contributed by atoms with Gasteiger partial charge < -0.3 is 10.1 Å². The zero-order valence-corrected chi connectivity index (χ0v) is 14.9. The lowest BCUT2D eigenvalue weighted by Crippen LogP contribution is -2.42. The van der Waals surface area contributed by atoms with Crippen molar-refractivity contribution in [3.8, 4) is 0 Å². The van der Waals surface area contributed by atoms with E-state index in [2.05, 4.69) is 10.4 Å². The average molecular weight is 364 g/mol. The van der Waals surface area contributed by atoms with Gasteiger partial charge in [0.25, 0.3) is 5.91 Å². The Morgan fingerprint density at radius 3 is 2.64 bits per heavy atom. The molecule has 1 atom stereocenters. The topological polar surface area (TPSA) is 93.5 Å². The highest BCUT2D eigenvalue weighted by molar-refractivity contribution is 7.89. The second-order valence-electron chi connectivity index (χ2n) is 5.77. The van der Waals surface area contributed by atoms with E-state index >= 15 is 0 Å². The summed E-state index contributed by atoms with van der Waals surface area (Å²) in [6.45, 7) is 0.830. The van der Waals surface area contributed by atoms with Crippen molar-refractivity contribution >= 4 is 15.9 Å². The van der Waals surface area contributed by atoms with Gasteiger partial charge in [-0.1, -0.05) is 0 Å². The average Bonchev–Trinajstić information content (AvgIpc) is 3.07. The summed E-state index contributed by atoms with van der Waals surface area (Å²) in [7, 11) is -0.323. The van der Waals surface area contributed by atoms with Gasteiger partial charge in [-0.05, 0) is 24.3 Å². The van der Waals surface area contributed by atoms with Gasteiger partial charge in [-0.25, -0.2) is 8.42 Å². The first-order valence-electron chi connectivity index (χ1n) is 7.84. The molecule has 25 heavy (non-hydrogen) atoms. The van der Waals surface area contributed by atoms with E-state index in [1.807, 2.05) is 6.20 Å². The van der Waals surface area contributed by atoms with E-state index in [4.69, 9.17) is 4.74 Å². The number of benzene rings is 1. The molecule has 0 spiro atoms. The van der Waals surface area contributed by atoms with Gasteiger partial charge in [-0.3, -0.25) is 9.48 Å². The van der Waals surface area contributed by atoms with Crippen LogP contribution < -0.4 is 5.32 Å². The zero-order valence-electron chi connectivity index (χ0n) is 14.0. The summed E-state index contributed by atoms with van der Waals surface area (Å²) in [6, 6.07) is 5.92. The molecule has 1 saturated heterocycles. The summed E-state index contributed by atoms with van der Waals surface area (Å²) in [4.78, 5) is 11.7. The third-order valence-corrected chi connectivity index (χ3v) is 5.99. The summed E-state index contributed by atoms with van der Waals surface area (Å²) >= 11 is 0. The lowest BCUT2D eigenvalue weighted by molar-refractivity contribution is -0.00259. The van der Waals surface area contributed by atoms with Gasteiger partial charge >= 0.3 is 0 Å². The summed E-state index contributed by atoms with van der Waals surface area (Å²) < 4.78 is 34.5. The number of nitrogens with one attached hydrogen (secondary N) is 1. The molecular formula is C16H20N4O4S. The molecule has 1 amide bonds. The van der Waals surface area contributed by atoms with Gasteiger partial charge in [0.2, 0.25) is 10.0 Å². The largest absolute Gasteiger partial charge is 0.371 e. The first-order valence-corrected chi connectivity index (χ1v) is 9.28. The Morgan fingerprint density at radius 1 is 1.32 bits per heavy atom. The monoisotopic (exact) mass is 364 g/mol. The lowest BCUT2D eigenvalue weighted by Gasteiger charge is -2.31. The molecule has 1 aliphatic rings. The maximum atomic E-state index is 12.9. The number of hydrogen-bond donors (Lipinski definition) is 1. The Labute approximate surface area is 146 Å². The molecule has 0 saturated carbocycles. The van der Waals surface area contributed by atoms with Crippen molar-refractivity contribution in [3.63, 3.8) is 0 Å². The molecule has 1 unspecified atom stereocenters. The number of carbonyl (C=O) groups is 1. The number of nitrogens with zero attached hydrogens (tertiary/aromatic N) is 3. The molecule has 1 N–H and O–H groups in total. The molecule has 1 aromatic carbocycles. The second-order valence-corrected chi connectivity index (χ2v) is 7.71. The van der Waals surface area contributed by atoms with E-state index in [0.717, 1.165) is 5.56 Å². The molecule has 9 heteroatoms. The number of hydrogen-bond acceptors (Lipinski definition) is 5. The van der Waals surface area contributed by atoms with E-state index in [1.165, 1.54) is 35.6 Å². The number of carbonyl (C=O) groups excluding carboxylic acids is 1. The van der Waals surface area contributed by atoms with Crippen LogP contribution in [0.3, 0.4) is 0 Å². The third kappa shape index (κ3) is 3.58.